The van der Waals surface area contributed by atoms with Crippen LogP contribution in [0.5, 0.6) is 11.5 Å². The minimum absolute atomic E-state index is 0.865. The molecule has 0 spiro atoms. The highest BCUT2D eigenvalue weighted by Gasteiger charge is 2.00. The fourth-order valence-corrected chi connectivity index (χ4v) is 2.18. The molecule has 98 valence electrons. The van der Waals surface area contributed by atoms with Crippen molar-refractivity contribution in [2.45, 2.75) is 6.42 Å². The lowest BCUT2D eigenvalue weighted by atomic mass is 10.1. The van der Waals surface area contributed by atoms with Crippen LogP contribution in [0.1, 0.15) is 11.1 Å². The van der Waals surface area contributed by atoms with E-state index in [-0.39, 0.29) is 0 Å². The summed E-state index contributed by atoms with van der Waals surface area (Å²) in [4.78, 5) is 0. The molecule has 0 saturated carbocycles. The first-order valence-corrected chi connectivity index (χ1v) is 6.76. The van der Waals surface area contributed by atoms with Crippen molar-refractivity contribution in [3.63, 3.8) is 0 Å². The minimum Gasteiger partial charge on any atom is -0.457 e. The molecule has 0 aliphatic heterocycles. The predicted octanol–water partition coefficient (Wildman–Crippen LogP) is 5.07. The van der Waals surface area contributed by atoms with Gasteiger partial charge in [-0.1, -0.05) is 60.7 Å². The highest BCUT2D eigenvalue weighted by molar-refractivity contribution is 5.36. The molecule has 3 aromatic carbocycles. The van der Waals surface area contributed by atoms with Crippen LogP contribution in [0.15, 0.2) is 84.9 Å². The van der Waals surface area contributed by atoms with Crippen molar-refractivity contribution >= 4 is 0 Å². The van der Waals surface area contributed by atoms with Crippen LogP contribution < -0.4 is 4.74 Å². The van der Waals surface area contributed by atoms with Crippen LogP contribution in [-0.4, -0.2) is 0 Å². The van der Waals surface area contributed by atoms with Gasteiger partial charge in [-0.2, -0.15) is 0 Å². The second kappa shape index (κ2) is 6.07. The van der Waals surface area contributed by atoms with Crippen molar-refractivity contribution < 1.29 is 4.74 Å². The van der Waals surface area contributed by atoms with E-state index in [1.807, 2.05) is 48.5 Å². The third kappa shape index (κ3) is 3.27. The summed E-state index contributed by atoms with van der Waals surface area (Å²) in [5.74, 6) is 1.74. The van der Waals surface area contributed by atoms with Crippen molar-refractivity contribution in [3.8, 4) is 11.5 Å². The van der Waals surface area contributed by atoms with Gasteiger partial charge in [0.1, 0.15) is 11.5 Å². The molecule has 20 heavy (non-hydrogen) atoms. The SMILES string of the molecule is c1ccc(Cc2cccc(Oc3ccccc3)c2)cc1. The van der Waals surface area contributed by atoms with Gasteiger partial charge in [0.25, 0.3) is 0 Å². The molecule has 0 aliphatic rings. The van der Waals surface area contributed by atoms with Crippen molar-refractivity contribution in [1.82, 2.24) is 0 Å². The van der Waals surface area contributed by atoms with Crippen LogP contribution >= 0.6 is 0 Å². The van der Waals surface area contributed by atoms with E-state index in [9.17, 15) is 0 Å². The Morgan fingerprint density at radius 1 is 0.550 bits per heavy atom. The first-order chi connectivity index (χ1) is 9.90. The largest absolute Gasteiger partial charge is 0.457 e. The maximum atomic E-state index is 5.86. The monoisotopic (exact) mass is 260 g/mol. The molecule has 1 nitrogen and oxygen atoms in total. The number of hydrogen-bond donors (Lipinski definition) is 0. The topological polar surface area (TPSA) is 9.23 Å². The van der Waals surface area contributed by atoms with Crippen molar-refractivity contribution in [1.29, 1.82) is 0 Å². The zero-order chi connectivity index (χ0) is 13.6. The van der Waals surface area contributed by atoms with Crippen molar-refractivity contribution in [3.05, 3.63) is 96.1 Å². The van der Waals surface area contributed by atoms with Gasteiger partial charge >= 0.3 is 0 Å². The summed E-state index contributed by atoms with van der Waals surface area (Å²) in [6.45, 7) is 0. The second-order valence-corrected chi connectivity index (χ2v) is 4.72. The summed E-state index contributed by atoms with van der Waals surface area (Å²) in [5.41, 5.74) is 2.56. The Morgan fingerprint density at radius 3 is 1.90 bits per heavy atom. The lowest BCUT2D eigenvalue weighted by molar-refractivity contribution is 0.482. The fourth-order valence-electron chi connectivity index (χ4n) is 2.18. The smallest absolute Gasteiger partial charge is 0.127 e. The highest BCUT2D eigenvalue weighted by Crippen LogP contribution is 2.22. The van der Waals surface area contributed by atoms with Gasteiger partial charge in [-0.05, 0) is 41.8 Å². The predicted molar refractivity (Wildman–Crippen MR) is 82.2 cm³/mol. The molecule has 0 fully saturated rings. The van der Waals surface area contributed by atoms with E-state index >= 15 is 0 Å². The van der Waals surface area contributed by atoms with Crippen LogP contribution in [0.3, 0.4) is 0 Å². The van der Waals surface area contributed by atoms with Gasteiger partial charge in [0.05, 0.1) is 0 Å². The molecule has 0 N–H and O–H groups in total. The molecular formula is C19H16O. The Hall–Kier alpha value is -2.54. The standard InChI is InChI=1S/C19H16O/c1-3-8-16(9-4-1)14-17-10-7-13-19(15-17)20-18-11-5-2-6-12-18/h1-13,15H,14H2. The number of hydrogen-bond acceptors (Lipinski definition) is 1. The average molecular weight is 260 g/mol. The zero-order valence-electron chi connectivity index (χ0n) is 11.2. The van der Waals surface area contributed by atoms with Crippen LogP contribution in [0, 0.1) is 0 Å². The first-order valence-electron chi connectivity index (χ1n) is 6.76. The van der Waals surface area contributed by atoms with Gasteiger partial charge in [-0.3, -0.25) is 0 Å². The number of ether oxygens (including phenoxy) is 1. The van der Waals surface area contributed by atoms with Crippen LogP contribution in [0.2, 0.25) is 0 Å². The molecule has 0 heterocycles. The molecule has 0 aliphatic carbocycles. The zero-order valence-corrected chi connectivity index (χ0v) is 11.2. The van der Waals surface area contributed by atoms with E-state index < -0.39 is 0 Å². The minimum atomic E-state index is 0.865. The van der Waals surface area contributed by atoms with Gasteiger partial charge in [0.15, 0.2) is 0 Å². The molecule has 0 aromatic heterocycles. The van der Waals surface area contributed by atoms with Gasteiger partial charge < -0.3 is 4.74 Å². The Labute approximate surface area is 119 Å². The van der Waals surface area contributed by atoms with E-state index in [2.05, 4.69) is 36.4 Å². The van der Waals surface area contributed by atoms with E-state index in [0.717, 1.165) is 17.9 Å². The van der Waals surface area contributed by atoms with E-state index in [0.29, 0.717) is 0 Å². The van der Waals surface area contributed by atoms with Crippen LogP contribution in [0.4, 0.5) is 0 Å². The summed E-state index contributed by atoms with van der Waals surface area (Å²) in [6, 6.07) is 28.6. The molecule has 0 radical (unpaired) electrons. The summed E-state index contributed by atoms with van der Waals surface area (Å²) < 4.78 is 5.86. The van der Waals surface area contributed by atoms with Crippen LogP contribution in [-0.2, 0) is 6.42 Å². The highest BCUT2D eigenvalue weighted by atomic mass is 16.5. The quantitative estimate of drug-likeness (QED) is 0.636. The summed E-state index contributed by atoms with van der Waals surface area (Å²) >= 11 is 0. The first kappa shape index (κ1) is 12.5. The number of para-hydroxylation sites is 1. The van der Waals surface area contributed by atoms with E-state index in [4.69, 9.17) is 4.74 Å². The molecule has 3 aromatic rings. The Bertz CT molecular complexity index is 603. The average Bonchev–Trinajstić information content (AvgIpc) is 2.50. The van der Waals surface area contributed by atoms with Crippen molar-refractivity contribution in [2.75, 3.05) is 0 Å². The molecule has 0 bridgehead atoms. The molecule has 1 heteroatoms. The van der Waals surface area contributed by atoms with E-state index in [1.165, 1.54) is 11.1 Å². The van der Waals surface area contributed by atoms with Gasteiger partial charge in [-0.25, -0.2) is 0 Å². The van der Waals surface area contributed by atoms with Crippen molar-refractivity contribution in [2.24, 2.45) is 0 Å². The summed E-state index contributed by atoms with van der Waals surface area (Å²) in [5, 5.41) is 0. The van der Waals surface area contributed by atoms with E-state index in [1.54, 1.807) is 0 Å². The summed E-state index contributed by atoms with van der Waals surface area (Å²) in [6.07, 6.45) is 0.923. The second-order valence-electron chi connectivity index (χ2n) is 4.72. The van der Waals surface area contributed by atoms with Crippen LogP contribution in [0.25, 0.3) is 0 Å². The lowest BCUT2D eigenvalue weighted by Gasteiger charge is -2.07. The molecule has 3 rings (SSSR count). The lowest BCUT2D eigenvalue weighted by Crippen LogP contribution is -1.89. The third-order valence-corrected chi connectivity index (χ3v) is 3.13. The Morgan fingerprint density at radius 2 is 1.15 bits per heavy atom. The normalized spacial score (nSPS) is 10.2. The summed E-state index contributed by atoms with van der Waals surface area (Å²) in [7, 11) is 0. The Balaban J connectivity index is 1.76. The maximum Gasteiger partial charge on any atom is 0.127 e. The Kier molecular flexibility index (Phi) is 3.79. The molecule has 0 atom stereocenters. The third-order valence-electron chi connectivity index (χ3n) is 3.13. The molecule has 0 amide bonds. The van der Waals surface area contributed by atoms with Gasteiger partial charge in [-0.15, -0.1) is 0 Å². The fraction of sp³-hybridized carbons (Fsp3) is 0.0526. The molecule has 0 saturated heterocycles. The van der Waals surface area contributed by atoms with Gasteiger partial charge in [0.2, 0.25) is 0 Å². The van der Waals surface area contributed by atoms with Gasteiger partial charge in [0, 0.05) is 0 Å². The maximum absolute atomic E-state index is 5.86. The number of benzene rings is 3. The molecule has 0 unspecified atom stereocenters. The number of rotatable bonds is 4. The molecular weight excluding hydrogens is 244 g/mol.